The zero-order chi connectivity index (χ0) is 13.7. The van der Waals surface area contributed by atoms with Crippen LogP contribution in [0.4, 0.5) is 0 Å². The van der Waals surface area contributed by atoms with Crippen LogP contribution in [0.2, 0.25) is 0 Å². The first-order valence-electron chi connectivity index (χ1n) is 7.24. The second-order valence-corrected chi connectivity index (χ2v) is 5.59. The van der Waals surface area contributed by atoms with Crippen LogP contribution in [-0.2, 0) is 6.42 Å². The van der Waals surface area contributed by atoms with Crippen LogP contribution in [0.1, 0.15) is 24.0 Å². The van der Waals surface area contributed by atoms with Gasteiger partial charge in [0.15, 0.2) is 0 Å². The highest BCUT2D eigenvalue weighted by Gasteiger charge is 2.19. The van der Waals surface area contributed by atoms with Crippen LogP contribution in [0.3, 0.4) is 0 Å². The van der Waals surface area contributed by atoms with Crippen molar-refractivity contribution in [2.45, 2.75) is 32.2 Å². The molecular weight excluding hydrogens is 236 g/mol. The van der Waals surface area contributed by atoms with E-state index in [9.17, 15) is 0 Å². The Morgan fingerprint density at radius 1 is 1.32 bits per heavy atom. The molecule has 0 heterocycles. The van der Waals surface area contributed by atoms with E-state index in [1.165, 1.54) is 24.0 Å². The zero-order valence-electron chi connectivity index (χ0n) is 12.4. The highest BCUT2D eigenvalue weighted by Crippen LogP contribution is 2.19. The number of methoxy groups -OCH3 is 1. The third kappa shape index (κ3) is 4.84. The molecule has 2 rings (SSSR count). The summed E-state index contributed by atoms with van der Waals surface area (Å²) in [5, 5.41) is 3.55. The fourth-order valence-corrected chi connectivity index (χ4v) is 2.27. The molecule has 1 aliphatic carbocycles. The average molecular weight is 262 g/mol. The largest absolute Gasteiger partial charge is 0.496 e. The van der Waals surface area contributed by atoms with Crippen molar-refractivity contribution in [3.8, 4) is 5.75 Å². The normalized spacial score (nSPS) is 14.9. The number of hydrogen-bond donors (Lipinski definition) is 1. The van der Waals surface area contributed by atoms with Crippen LogP contribution in [-0.4, -0.2) is 44.7 Å². The summed E-state index contributed by atoms with van der Waals surface area (Å²) >= 11 is 0. The van der Waals surface area contributed by atoms with E-state index in [-0.39, 0.29) is 0 Å². The van der Waals surface area contributed by atoms with Crippen LogP contribution < -0.4 is 10.1 Å². The maximum absolute atomic E-state index is 5.29. The van der Waals surface area contributed by atoms with Crippen LogP contribution in [0.25, 0.3) is 0 Å². The number of nitrogens with one attached hydrogen (secondary N) is 1. The summed E-state index contributed by atoms with van der Waals surface area (Å²) in [7, 11) is 3.92. The summed E-state index contributed by atoms with van der Waals surface area (Å²) in [6.45, 7) is 5.46. The SMILES string of the molecule is COc1ccc(CCN(C)CCNC2CC2)cc1C. The van der Waals surface area contributed by atoms with E-state index in [4.69, 9.17) is 4.74 Å². The Bertz CT molecular complexity index is 402. The lowest BCUT2D eigenvalue weighted by atomic mass is 10.1. The molecule has 1 aliphatic rings. The monoisotopic (exact) mass is 262 g/mol. The molecule has 0 atom stereocenters. The Hall–Kier alpha value is -1.06. The number of rotatable bonds is 8. The Balaban J connectivity index is 1.69. The lowest BCUT2D eigenvalue weighted by molar-refractivity contribution is 0.335. The van der Waals surface area contributed by atoms with Crippen LogP contribution in [0, 0.1) is 6.92 Å². The minimum atomic E-state index is 0.817. The third-order valence-corrected chi connectivity index (χ3v) is 3.75. The Morgan fingerprint density at radius 2 is 2.11 bits per heavy atom. The molecule has 1 saturated carbocycles. The molecule has 0 amide bonds. The first-order chi connectivity index (χ1) is 9.19. The molecule has 1 aromatic carbocycles. The molecule has 106 valence electrons. The Kier molecular flexibility index (Phi) is 5.23. The quantitative estimate of drug-likeness (QED) is 0.777. The van der Waals surface area contributed by atoms with E-state index in [0.717, 1.165) is 37.8 Å². The van der Waals surface area contributed by atoms with Crippen molar-refractivity contribution in [3.63, 3.8) is 0 Å². The van der Waals surface area contributed by atoms with Gasteiger partial charge in [-0.3, -0.25) is 0 Å². The lowest BCUT2D eigenvalue weighted by Gasteiger charge is -2.17. The second-order valence-electron chi connectivity index (χ2n) is 5.59. The highest BCUT2D eigenvalue weighted by atomic mass is 16.5. The number of ether oxygens (including phenoxy) is 1. The summed E-state index contributed by atoms with van der Waals surface area (Å²) in [6, 6.07) is 7.29. The van der Waals surface area contributed by atoms with Crippen LogP contribution in [0.5, 0.6) is 5.75 Å². The van der Waals surface area contributed by atoms with Gasteiger partial charge in [0.05, 0.1) is 7.11 Å². The van der Waals surface area contributed by atoms with E-state index in [1.54, 1.807) is 7.11 Å². The van der Waals surface area contributed by atoms with Crippen molar-refractivity contribution in [2.24, 2.45) is 0 Å². The first-order valence-corrected chi connectivity index (χ1v) is 7.24. The van der Waals surface area contributed by atoms with Crippen molar-refractivity contribution >= 4 is 0 Å². The Labute approximate surface area is 116 Å². The number of hydrogen-bond acceptors (Lipinski definition) is 3. The molecule has 0 unspecified atom stereocenters. The van der Waals surface area contributed by atoms with Crippen molar-refractivity contribution < 1.29 is 4.74 Å². The number of aryl methyl sites for hydroxylation is 1. The van der Waals surface area contributed by atoms with E-state index in [2.05, 4.69) is 42.4 Å². The minimum Gasteiger partial charge on any atom is -0.496 e. The van der Waals surface area contributed by atoms with Gasteiger partial charge < -0.3 is 15.0 Å². The first kappa shape index (κ1) is 14.4. The molecule has 1 N–H and O–H groups in total. The molecule has 0 radical (unpaired) electrons. The van der Waals surface area contributed by atoms with E-state index in [1.807, 2.05) is 0 Å². The van der Waals surface area contributed by atoms with Gasteiger partial charge in [0.1, 0.15) is 5.75 Å². The fraction of sp³-hybridized carbons (Fsp3) is 0.625. The minimum absolute atomic E-state index is 0.817. The molecule has 0 bridgehead atoms. The number of benzene rings is 1. The highest BCUT2D eigenvalue weighted by molar-refractivity contribution is 5.36. The predicted octanol–water partition coefficient (Wildman–Crippen LogP) is 2.23. The molecule has 1 fully saturated rings. The van der Waals surface area contributed by atoms with Crippen molar-refractivity contribution in [1.82, 2.24) is 10.2 Å². The fourth-order valence-electron chi connectivity index (χ4n) is 2.27. The summed E-state index contributed by atoms with van der Waals surface area (Å²) in [5.41, 5.74) is 2.61. The molecule has 0 aliphatic heterocycles. The van der Waals surface area contributed by atoms with Gasteiger partial charge in [-0.15, -0.1) is 0 Å². The van der Waals surface area contributed by atoms with Gasteiger partial charge >= 0.3 is 0 Å². The molecule has 0 saturated heterocycles. The van der Waals surface area contributed by atoms with E-state index >= 15 is 0 Å². The van der Waals surface area contributed by atoms with Crippen molar-refractivity contribution in [1.29, 1.82) is 0 Å². The van der Waals surface area contributed by atoms with Gasteiger partial charge in [0, 0.05) is 25.7 Å². The lowest BCUT2D eigenvalue weighted by Crippen LogP contribution is -2.31. The van der Waals surface area contributed by atoms with Gasteiger partial charge in [-0.2, -0.15) is 0 Å². The van der Waals surface area contributed by atoms with Crippen LogP contribution in [0.15, 0.2) is 18.2 Å². The van der Waals surface area contributed by atoms with E-state index < -0.39 is 0 Å². The third-order valence-electron chi connectivity index (χ3n) is 3.75. The molecule has 0 aromatic heterocycles. The van der Waals surface area contributed by atoms with Crippen molar-refractivity contribution in [3.05, 3.63) is 29.3 Å². The topological polar surface area (TPSA) is 24.5 Å². The summed E-state index contributed by atoms with van der Waals surface area (Å²) in [5.74, 6) is 0.978. The summed E-state index contributed by atoms with van der Waals surface area (Å²) in [4.78, 5) is 2.40. The molecule has 1 aromatic rings. The van der Waals surface area contributed by atoms with Gasteiger partial charge in [-0.05, 0) is 50.4 Å². The maximum Gasteiger partial charge on any atom is 0.121 e. The van der Waals surface area contributed by atoms with Gasteiger partial charge in [0.25, 0.3) is 0 Å². The zero-order valence-corrected chi connectivity index (χ0v) is 12.4. The Morgan fingerprint density at radius 3 is 2.74 bits per heavy atom. The standard InChI is InChI=1S/C16H26N2O/c1-13-12-14(4-7-16(13)19-3)8-10-18(2)11-9-17-15-5-6-15/h4,7,12,15,17H,5-6,8-11H2,1-3H3. The summed E-state index contributed by atoms with van der Waals surface area (Å²) < 4.78 is 5.29. The summed E-state index contributed by atoms with van der Waals surface area (Å²) in [6.07, 6.45) is 3.84. The van der Waals surface area contributed by atoms with Gasteiger partial charge in [-0.1, -0.05) is 12.1 Å². The molecule has 3 nitrogen and oxygen atoms in total. The van der Waals surface area contributed by atoms with Gasteiger partial charge in [0.2, 0.25) is 0 Å². The average Bonchev–Trinajstić information content (AvgIpc) is 3.20. The predicted molar refractivity (Wildman–Crippen MR) is 80.0 cm³/mol. The van der Waals surface area contributed by atoms with Crippen LogP contribution >= 0.6 is 0 Å². The number of likely N-dealkylation sites (N-methyl/N-ethyl adjacent to an activating group) is 1. The van der Waals surface area contributed by atoms with Gasteiger partial charge in [-0.25, -0.2) is 0 Å². The molecule has 0 spiro atoms. The smallest absolute Gasteiger partial charge is 0.121 e. The van der Waals surface area contributed by atoms with Crippen molar-refractivity contribution in [2.75, 3.05) is 33.8 Å². The molecular formula is C16H26N2O. The number of nitrogens with zero attached hydrogens (tertiary/aromatic N) is 1. The maximum atomic E-state index is 5.29. The molecule has 3 heteroatoms. The van der Waals surface area contributed by atoms with E-state index in [0.29, 0.717) is 0 Å². The second kappa shape index (κ2) is 6.92. The molecule has 19 heavy (non-hydrogen) atoms.